The highest BCUT2D eigenvalue weighted by Gasteiger charge is 2.38. The molecule has 1 heterocycles. The number of nitrogens with one attached hydrogen (secondary N) is 2. The van der Waals surface area contributed by atoms with E-state index in [4.69, 9.17) is 9.90 Å². The van der Waals surface area contributed by atoms with Crippen LogP contribution in [0.1, 0.15) is 47.4 Å². The molecule has 0 atom stereocenters. The number of halogens is 3. The maximum Gasteiger partial charge on any atom is 0.490 e. The molecule has 3 N–H and O–H groups in total. The summed E-state index contributed by atoms with van der Waals surface area (Å²) in [6.45, 7) is 5.97. The van der Waals surface area contributed by atoms with Gasteiger partial charge in [0, 0.05) is 42.4 Å². The van der Waals surface area contributed by atoms with Crippen molar-refractivity contribution in [3.63, 3.8) is 0 Å². The summed E-state index contributed by atoms with van der Waals surface area (Å²) < 4.78 is 31.7. The fraction of sp³-hybridized carbons (Fsp3) is 0.385. The zero-order chi connectivity index (χ0) is 27.6. The molecule has 8 nitrogen and oxygen atoms in total. The number of hydrogen-bond donors (Lipinski definition) is 3. The lowest BCUT2D eigenvalue weighted by Gasteiger charge is -2.31. The summed E-state index contributed by atoms with van der Waals surface area (Å²) in [5, 5.41) is 12.9. The minimum atomic E-state index is -5.08. The third kappa shape index (κ3) is 9.59. The van der Waals surface area contributed by atoms with Crippen molar-refractivity contribution < 1.29 is 37.5 Å². The molecular formula is C26H30F3N3O5. The van der Waals surface area contributed by atoms with Crippen LogP contribution in [0, 0.1) is 11.8 Å². The van der Waals surface area contributed by atoms with Gasteiger partial charge in [0.15, 0.2) is 0 Å². The molecule has 0 radical (unpaired) electrons. The summed E-state index contributed by atoms with van der Waals surface area (Å²) in [6, 6.07) is 15.9. The summed E-state index contributed by atoms with van der Waals surface area (Å²) in [6.07, 6.45) is -3.72. The van der Waals surface area contributed by atoms with Gasteiger partial charge in [-0.2, -0.15) is 13.2 Å². The SMILES string of the molecule is CC(C)CNC(=O)C1CCN(C(=O)c2ccc(NC(=O)c3ccccc3)cc2)CC1.O=C(O)C(F)(F)F. The van der Waals surface area contributed by atoms with Crippen LogP contribution in [0.15, 0.2) is 54.6 Å². The van der Waals surface area contributed by atoms with Gasteiger partial charge in [-0.15, -0.1) is 0 Å². The van der Waals surface area contributed by atoms with Crippen LogP contribution in [0.2, 0.25) is 0 Å². The summed E-state index contributed by atoms with van der Waals surface area (Å²) >= 11 is 0. The fourth-order valence-electron chi connectivity index (χ4n) is 3.47. The number of carbonyl (C=O) groups excluding carboxylic acids is 3. The smallest absolute Gasteiger partial charge is 0.475 e. The molecule has 3 rings (SSSR count). The summed E-state index contributed by atoms with van der Waals surface area (Å²) in [5.41, 5.74) is 1.80. The van der Waals surface area contributed by atoms with Gasteiger partial charge in [-0.25, -0.2) is 4.79 Å². The van der Waals surface area contributed by atoms with Gasteiger partial charge in [-0.1, -0.05) is 32.0 Å². The molecular weight excluding hydrogens is 491 g/mol. The van der Waals surface area contributed by atoms with Crippen molar-refractivity contribution in [1.29, 1.82) is 0 Å². The van der Waals surface area contributed by atoms with E-state index in [1.807, 2.05) is 18.2 Å². The van der Waals surface area contributed by atoms with Gasteiger partial charge in [-0.3, -0.25) is 14.4 Å². The zero-order valence-corrected chi connectivity index (χ0v) is 20.5. The summed E-state index contributed by atoms with van der Waals surface area (Å²) in [7, 11) is 0. The van der Waals surface area contributed by atoms with Crippen LogP contribution in [-0.2, 0) is 9.59 Å². The topological polar surface area (TPSA) is 116 Å². The molecule has 2 aromatic carbocycles. The van der Waals surface area contributed by atoms with Crippen LogP contribution >= 0.6 is 0 Å². The normalized spacial score (nSPS) is 13.8. The first-order chi connectivity index (χ1) is 17.4. The number of carbonyl (C=O) groups is 4. The maximum absolute atomic E-state index is 12.8. The van der Waals surface area contributed by atoms with Gasteiger partial charge in [0.1, 0.15) is 0 Å². The molecule has 2 aromatic rings. The monoisotopic (exact) mass is 521 g/mol. The Balaban J connectivity index is 0.000000604. The molecule has 0 aromatic heterocycles. The Morgan fingerprint density at radius 2 is 1.49 bits per heavy atom. The molecule has 1 fully saturated rings. The second kappa shape index (κ2) is 13.4. The lowest BCUT2D eigenvalue weighted by molar-refractivity contribution is -0.192. The largest absolute Gasteiger partial charge is 0.490 e. The zero-order valence-electron chi connectivity index (χ0n) is 20.5. The standard InChI is InChI=1S/C24H29N3O3.C2HF3O2/c1-17(2)16-25-22(28)19-12-14-27(15-13-19)24(30)20-8-10-21(11-9-20)26-23(29)18-6-4-3-5-7-18;3-2(4,5)1(6)7/h3-11,17,19H,12-16H2,1-2H3,(H,25,28)(H,26,29);(H,6,7). The number of piperidine rings is 1. The number of anilines is 1. The Hall–Kier alpha value is -3.89. The number of amides is 3. The number of carboxylic acids is 1. The van der Waals surface area contributed by atoms with E-state index in [1.165, 1.54) is 0 Å². The van der Waals surface area contributed by atoms with Crippen LogP contribution in [0.4, 0.5) is 18.9 Å². The van der Waals surface area contributed by atoms with Crippen molar-refractivity contribution in [2.24, 2.45) is 11.8 Å². The number of rotatable bonds is 6. The van der Waals surface area contributed by atoms with E-state index < -0.39 is 12.1 Å². The predicted octanol–water partition coefficient (Wildman–Crippen LogP) is 4.20. The third-order valence-electron chi connectivity index (χ3n) is 5.51. The molecule has 0 spiro atoms. The van der Waals surface area contributed by atoms with E-state index in [-0.39, 0.29) is 23.6 Å². The van der Waals surface area contributed by atoms with Gasteiger partial charge < -0.3 is 20.6 Å². The van der Waals surface area contributed by atoms with Gasteiger partial charge in [-0.05, 0) is 55.2 Å². The van der Waals surface area contributed by atoms with Crippen LogP contribution < -0.4 is 10.6 Å². The molecule has 1 aliphatic rings. The van der Waals surface area contributed by atoms with Crippen LogP contribution in [-0.4, -0.2) is 59.5 Å². The van der Waals surface area contributed by atoms with Gasteiger partial charge in [0.05, 0.1) is 0 Å². The third-order valence-corrected chi connectivity index (χ3v) is 5.51. The maximum atomic E-state index is 12.8. The molecule has 0 bridgehead atoms. The van der Waals surface area contributed by atoms with Crippen molar-refractivity contribution in [2.45, 2.75) is 32.9 Å². The highest BCUT2D eigenvalue weighted by Crippen LogP contribution is 2.20. The second-order valence-electron chi connectivity index (χ2n) is 8.91. The molecule has 0 aliphatic carbocycles. The molecule has 200 valence electrons. The number of alkyl halides is 3. The molecule has 0 unspecified atom stereocenters. The van der Waals surface area contributed by atoms with E-state index in [2.05, 4.69) is 24.5 Å². The number of aliphatic carboxylic acids is 1. The number of hydrogen-bond acceptors (Lipinski definition) is 4. The average molecular weight is 522 g/mol. The van der Waals surface area contributed by atoms with E-state index in [9.17, 15) is 27.6 Å². The van der Waals surface area contributed by atoms with Crippen LogP contribution in [0.5, 0.6) is 0 Å². The van der Waals surface area contributed by atoms with Crippen LogP contribution in [0.3, 0.4) is 0 Å². The minimum absolute atomic E-state index is 0.0247. The molecule has 1 aliphatic heterocycles. The Bertz CT molecular complexity index is 1070. The first-order valence-corrected chi connectivity index (χ1v) is 11.7. The first-order valence-electron chi connectivity index (χ1n) is 11.7. The Labute approximate surface area is 212 Å². The van der Waals surface area contributed by atoms with E-state index in [0.29, 0.717) is 55.2 Å². The first kappa shape index (κ1) is 29.3. The molecule has 11 heteroatoms. The van der Waals surface area contributed by atoms with E-state index in [1.54, 1.807) is 41.3 Å². The highest BCUT2D eigenvalue weighted by molar-refractivity contribution is 6.04. The quantitative estimate of drug-likeness (QED) is 0.527. The van der Waals surface area contributed by atoms with Crippen molar-refractivity contribution in [2.75, 3.05) is 25.0 Å². The number of nitrogens with zero attached hydrogens (tertiary/aromatic N) is 1. The van der Waals surface area contributed by atoms with Gasteiger partial charge in [0.2, 0.25) is 5.91 Å². The Kier molecular flexibility index (Phi) is 10.6. The second-order valence-corrected chi connectivity index (χ2v) is 8.91. The van der Waals surface area contributed by atoms with Crippen molar-refractivity contribution >= 4 is 29.4 Å². The summed E-state index contributed by atoms with van der Waals surface area (Å²) in [4.78, 5) is 47.9. The number of likely N-dealkylation sites (tertiary alicyclic amines) is 1. The number of carboxylic acid groups (broad SMARTS) is 1. The van der Waals surface area contributed by atoms with Crippen molar-refractivity contribution in [1.82, 2.24) is 10.2 Å². The number of benzene rings is 2. The lowest BCUT2D eigenvalue weighted by atomic mass is 9.95. The highest BCUT2D eigenvalue weighted by atomic mass is 19.4. The predicted molar refractivity (Wildman–Crippen MR) is 131 cm³/mol. The Morgan fingerprint density at radius 1 is 0.946 bits per heavy atom. The lowest BCUT2D eigenvalue weighted by Crippen LogP contribution is -2.43. The molecule has 37 heavy (non-hydrogen) atoms. The summed E-state index contributed by atoms with van der Waals surface area (Å²) in [5.74, 6) is -2.49. The minimum Gasteiger partial charge on any atom is -0.475 e. The van der Waals surface area contributed by atoms with E-state index >= 15 is 0 Å². The Morgan fingerprint density at radius 3 is 1.97 bits per heavy atom. The fourth-order valence-corrected chi connectivity index (χ4v) is 3.47. The van der Waals surface area contributed by atoms with Crippen molar-refractivity contribution in [3.8, 4) is 0 Å². The van der Waals surface area contributed by atoms with Gasteiger partial charge >= 0.3 is 12.1 Å². The van der Waals surface area contributed by atoms with Gasteiger partial charge in [0.25, 0.3) is 11.8 Å². The van der Waals surface area contributed by atoms with Crippen LogP contribution in [0.25, 0.3) is 0 Å². The molecule has 1 saturated heterocycles. The molecule has 0 saturated carbocycles. The molecule has 3 amide bonds. The van der Waals surface area contributed by atoms with E-state index in [0.717, 1.165) is 0 Å². The average Bonchev–Trinajstić information content (AvgIpc) is 2.87. The van der Waals surface area contributed by atoms with Crippen molar-refractivity contribution in [3.05, 3.63) is 65.7 Å².